The lowest BCUT2D eigenvalue weighted by molar-refractivity contribution is -0.118. The van der Waals surface area contributed by atoms with Crippen LogP contribution in [0.25, 0.3) is 0 Å². The first-order valence-electron chi connectivity index (χ1n) is 6.80. The molecule has 22 heavy (non-hydrogen) atoms. The number of aromatic nitrogens is 3. The van der Waals surface area contributed by atoms with E-state index in [9.17, 15) is 9.59 Å². The summed E-state index contributed by atoms with van der Waals surface area (Å²) in [6, 6.07) is 5.65. The first-order chi connectivity index (χ1) is 10.4. The maximum absolute atomic E-state index is 12.3. The summed E-state index contributed by atoms with van der Waals surface area (Å²) in [6.45, 7) is 5.74. The third kappa shape index (κ3) is 3.73. The summed E-state index contributed by atoms with van der Waals surface area (Å²) in [5.74, 6) is 0.379. The Bertz CT molecular complexity index is 724. The molecule has 2 rings (SSSR count). The van der Waals surface area contributed by atoms with Gasteiger partial charge in [-0.1, -0.05) is 23.9 Å². The third-order valence-corrected chi connectivity index (χ3v) is 4.34. The van der Waals surface area contributed by atoms with E-state index in [-0.39, 0.29) is 18.1 Å². The van der Waals surface area contributed by atoms with Crippen LogP contribution in [0.1, 0.15) is 27.3 Å². The van der Waals surface area contributed by atoms with Crippen molar-refractivity contribution in [2.75, 3.05) is 5.75 Å². The average molecular weight is 318 g/mol. The molecular weight excluding hydrogens is 300 g/mol. The zero-order chi connectivity index (χ0) is 16.3. The van der Waals surface area contributed by atoms with E-state index in [2.05, 4.69) is 10.2 Å². The van der Waals surface area contributed by atoms with Crippen molar-refractivity contribution in [2.45, 2.75) is 32.5 Å². The van der Waals surface area contributed by atoms with Gasteiger partial charge in [0.05, 0.1) is 5.75 Å². The number of hydrogen-bond acceptors (Lipinski definition) is 5. The number of thioether (sulfide) groups is 1. The first kappa shape index (κ1) is 16.2. The molecule has 0 atom stereocenters. The van der Waals surface area contributed by atoms with Crippen LogP contribution in [-0.4, -0.2) is 32.2 Å². The molecule has 0 fully saturated rings. The maximum Gasteiger partial charge on any atom is 0.237 e. The second kappa shape index (κ2) is 6.74. The Morgan fingerprint density at radius 1 is 1.18 bits per heavy atom. The minimum Gasteiger partial charge on any atom is -0.368 e. The summed E-state index contributed by atoms with van der Waals surface area (Å²) >= 11 is 1.25. The van der Waals surface area contributed by atoms with Crippen LogP contribution in [0.3, 0.4) is 0 Å². The van der Waals surface area contributed by atoms with Crippen LogP contribution >= 0.6 is 11.8 Å². The van der Waals surface area contributed by atoms with Gasteiger partial charge < -0.3 is 5.73 Å². The summed E-state index contributed by atoms with van der Waals surface area (Å²) in [4.78, 5) is 23.3. The van der Waals surface area contributed by atoms with E-state index in [0.717, 1.165) is 11.1 Å². The van der Waals surface area contributed by atoms with Gasteiger partial charge in [-0.15, -0.1) is 10.2 Å². The third-order valence-electron chi connectivity index (χ3n) is 3.38. The minimum atomic E-state index is -0.467. The van der Waals surface area contributed by atoms with Crippen LogP contribution in [0.15, 0.2) is 23.4 Å². The number of Topliss-reactive ketones (excluding diaryl/α,β-unsaturated/α-hetero) is 1. The number of nitrogens with zero attached hydrogens (tertiary/aromatic N) is 3. The van der Waals surface area contributed by atoms with E-state index in [1.807, 2.05) is 32.0 Å². The molecule has 0 saturated heterocycles. The fraction of sp³-hybridized carbons (Fsp3) is 0.333. The van der Waals surface area contributed by atoms with Crippen LogP contribution in [0.5, 0.6) is 0 Å². The van der Waals surface area contributed by atoms with E-state index >= 15 is 0 Å². The van der Waals surface area contributed by atoms with Gasteiger partial charge in [-0.2, -0.15) is 0 Å². The van der Waals surface area contributed by atoms with Crippen LogP contribution in [0, 0.1) is 20.8 Å². The van der Waals surface area contributed by atoms with Gasteiger partial charge in [-0.3, -0.25) is 14.2 Å². The largest absolute Gasteiger partial charge is 0.368 e. The SMILES string of the molecule is Cc1ccc(C(=O)CSc2nnc(C)n2CC(N)=O)cc1C. The molecule has 116 valence electrons. The van der Waals surface area contributed by atoms with Crippen LogP contribution in [-0.2, 0) is 11.3 Å². The lowest BCUT2D eigenvalue weighted by atomic mass is 10.0. The van der Waals surface area contributed by atoms with Crippen molar-refractivity contribution in [1.29, 1.82) is 0 Å². The van der Waals surface area contributed by atoms with E-state index in [4.69, 9.17) is 5.73 Å². The molecule has 0 unspecified atom stereocenters. The second-order valence-corrected chi connectivity index (χ2v) is 6.04. The Balaban J connectivity index is 2.08. The number of rotatable bonds is 6. The number of benzene rings is 1. The zero-order valence-corrected chi connectivity index (χ0v) is 13.6. The first-order valence-corrected chi connectivity index (χ1v) is 7.78. The van der Waals surface area contributed by atoms with Crippen molar-refractivity contribution in [3.8, 4) is 0 Å². The highest BCUT2D eigenvalue weighted by Crippen LogP contribution is 2.19. The van der Waals surface area contributed by atoms with Gasteiger partial charge in [0.1, 0.15) is 12.4 Å². The van der Waals surface area contributed by atoms with Crippen molar-refractivity contribution < 1.29 is 9.59 Å². The van der Waals surface area contributed by atoms with Gasteiger partial charge in [-0.25, -0.2) is 0 Å². The summed E-state index contributed by atoms with van der Waals surface area (Å²) < 4.78 is 1.61. The molecule has 0 aliphatic heterocycles. The number of hydrogen-bond donors (Lipinski definition) is 1. The zero-order valence-electron chi connectivity index (χ0n) is 12.8. The molecule has 0 aliphatic carbocycles. The summed E-state index contributed by atoms with van der Waals surface area (Å²) in [5, 5.41) is 8.42. The number of amides is 1. The van der Waals surface area contributed by atoms with E-state index < -0.39 is 5.91 Å². The highest BCUT2D eigenvalue weighted by atomic mass is 32.2. The monoisotopic (exact) mass is 318 g/mol. The van der Waals surface area contributed by atoms with E-state index in [0.29, 0.717) is 16.5 Å². The number of carbonyl (C=O) groups excluding carboxylic acids is 2. The molecule has 1 aromatic carbocycles. The summed E-state index contributed by atoms with van der Waals surface area (Å²) in [5.41, 5.74) is 8.12. The van der Waals surface area contributed by atoms with Gasteiger partial charge in [-0.05, 0) is 38.0 Å². The van der Waals surface area contributed by atoms with Gasteiger partial charge in [0, 0.05) is 5.56 Å². The molecule has 1 heterocycles. The molecular formula is C15H18N4O2S. The number of aryl methyl sites for hydroxylation is 3. The molecule has 1 amide bonds. The summed E-state index contributed by atoms with van der Waals surface area (Å²) in [6.07, 6.45) is 0. The highest BCUT2D eigenvalue weighted by molar-refractivity contribution is 7.99. The molecule has 0 bridgehead atoms. The molecule has 0 saturated carbocycles. The standard InChI is InChI=1S/C15H18N4O2S/c1-9-4-5-12(6-10(9)2)13(20)8-22-15-18-17-11(3)19(15)7-14(16)21/h4-6H,7-8H2,1-3H3,(H2,16,21). The highest BCUT2D eigenvalue weighted by Gasteiger charge is 2.14. The quantitative estimate of drug-likeness (QED) is 0.646. The number of carbonyl (C=O) groups is 2. The van der Waals surface area contributed by atoms with E-state index in [1.165, 1.54) is 11.8 Å². The van der Waals surface area contributed by atoms with Crippen molar-refractivity contribution in [3.05, 3.63) is 40.7 Å². The van der Waals surface area contributed by atoms with Crippen molar-refractivity contribution in [3.63, 3.8) is 0 Å². The minimum absolute atomic E-state index is 0.0129. The smallest absolute Gasteiger partial charge is 0.237 e. The fourth-order valence-electron chi connectivity index (χ4n) is 1.93. The Morgan fingerprint density at radius 2 is 1.91 bits per heavy atom. The van der Waals surface area contributed by atoms with Gasteiger partial charge in [0.2, 0.25) is 5.91 Å². The fourth-order valence-corrected chi connectivity index (χ4v) is 2.81. The Labute approximate surface area is 133 Å². The van der Waals surface area contributed by atoms with Gasteiger partial charge >= 0.3 is 0 Å². The number of primary amides is 1. The molecule has 7 heteroatoms. The number of ketones is 1. The Hall–Kier alpha value is -2.15. The lowest BCUT2D eigenvalue weighted by Crippen LogP contribution is -2.20. The number of nitrogens with two attached hydrogens (primary N) is 1. The average Bonchev–Trinajstić information content (AvgIpc) is 2.79. The van der Waals surface area contributed by atoms with Crippen molar-refractivity contribution in [2.24, 2.45) is 5.73 Å². The topological polar surface area (TPSA) is 90.9 Å². The molecule has 2 aromatic rings. The van der Waals surface area contributed by atoms with Crippen molar-refractivity contribution >= 4 is 23.5 Å². The van der Waals surface area contributed by atoms with Crippen molar-refractivity contribution in [1.82, 2.24) is 14.8 Å². The van der Waals surface area contributed by atoms with Crippen LogP contribution in [0.2, 0.25) is 0 Å². The predicted molar refractivity (Wildman–Crippen MR) is 84.9 cm³/mol. The summed E-state index contributed by atoms with van der Waals surface area (Å²) in [7, 11) is 0. The Morgan fingerprint density at radius 3 is 2.55 bits per heavy atom. The molecule has 2 N–H and O–H groups in total. The normalized spacial score (nSPS) is 10.7. The molecule has 0 radical (unpaired) electrons. The van der Waals surface area contributed by atoms with Crippen LogP contribution < -0.4 is 5.73 Å². The molecule has 6 nitrogen and oxygen atoms in total. The van der Waals surface area contributed by atoms with Crippen LogP contribution in [0.4, 0.5) is 0 Å². The molecule has 0 aliphatic rings. The van der Waals surface area contributed by atoms with Gasteiger partial charge in [0.15, 0.2) is 10.9 Å². The second-order valence-electron chi connectivity index (χ2n) is 5.09. The van der Waals surface area contributed by atoms with Gasteiger partial charge in [0.25, 0.3) is 0 Å². The lowest BCUT2D eigenvalue weighted by Gasteiger charge is -2.06. The Kier molecular flexibility index (Phi) is 4.97. The predicted octanol–water partition coefficient (Wildman–Crippen LogP) is 1.66. The van der Waals surface area contributed by atoms with E-state index in [1.54, 1.807) is 11.5 Å². The molecule has 1 aromatic heterocycles. The molecule has 0 spiro atoms. The maximum atomic E-state index is 12.3.